The monoisotopic (exact) mass is 248 g/mol. The Hall–Kier alpha value is -1.74. The molecule has 0 fully saturated rings. The van der Waals surface area contributed by atoms with Crippen LogP contribution < -0.4 is 11.3 Å². The molecule has 1 aromatic heterocycles. The number of anilines is 1. The maximum absolute atomic E-state index is 11.8. The van der Waals surface area contributed by atoms with Crippen LogP contribution in [0.25, 0.3) is 11.3 Å². The average molecular weight is 249 g/mol. The molecular formula is C13H13ClN2O. The summed E-state index contributed by atoms with van der Waals surface area (Å²) in [6.07, 6.45) is 0. The Kier molecular flexibility index (Phi) is 3.20. The molecule has 3 nitrogen and oxygen atoms in total. The van der Waals surface area contributed by atoms with Gasteiger partial charge in [-0.3, -0.25) is 4.79 Å². The van der Waals surface area contributed by atoms with Crippen LogP contribution in [0.3, 0.4) is 0 Å². The van der Waals surface area contributed by atoms with E-state index in [4.69, 9.17) is 17.3 Å². The van der Waals surface area contributed by atoms with Crippen molar-refractivity contribution in [3.05, 3.63) is 51.8 Å². The van der Waals surface area contributed by atoms with E-state index in [1.807, 2.05) is 25.1 Å². The molecule has 0 atom stereocenters. The Morgan fingerprint density at radius 3 is 2.65 bits per heavy atom. The Labute approximate surface area is 104 Å². The summed E-state index contributed by atoms with van der Waals surface area (Å²) in [5, 5.41) is 0.611. The first kappa shape index (κ1) is 11.7. The minimum atomic E-state index is -0.109. The second kappa shape index (κ2) is 4.63. The van der Waals surface area contributed by atoms with Gasteiger partial charge in [0, 0.05) is 28.9 Å². The summed E-state index contributed by atoms with van der Waals surface area (Å²) < 4.78 is 1.65. The number of nitrogen functional groups attached to an aromatic ring is 1. The fraction of sp³-hybridized carbons (Fsp3) is 0.154. The summed E-state index contributed by atoms with van der Waals surface area (Å²) in [7, 11) is 0. The van der Waals surface area contributed by atoms with Crippen LogP contribution in [0.15, 0.2) is 41.2 Å². The molecule has 0 radical (unpaired) electrons. The van der Waals surface area contributed by atoms with Gasteiger partial charge in [0.2, 0.25) is 0 Å². The topological polar surface area (TPSA) is 48.0 Å². The van der Waals surface area contributed by atoms with Gasteiger partial charge in [-0.1, -0.05) is 29.8 Å². The lowest BCUT2D eigenvalue weighted by Crippen LogP contribution is -2.20. The lowest BCUT2D eigenvalue weighted by atomic mass is 10.1. The Balaban J connectivity index is 2.75. The summed E-state index contributed by atoms with van der Waals surface area (Å²) >= 11 is 6.14. The highest BCUT2D eigenvalue weighted by molar-refractivity contribution is 6.33. The molecule has 0 amide bonds. The summed E-state index contributed by atoms with van der Waals surface area (Å²) in [4.78, 5) is 11.8. The maximum Gasteiger partial charge on any atom is 0.253 e. The van der Waals surface area contributed by atoms with Crippen LogP contribution in [-0.4, -0.2) is 4.57 Å². The van der Waals surface area contributed by atoms with Gasteiger partial charge in [0.05, 0.1) is 5.69 Å². The first-order valence-corrected chi connectivity index (χ1v) is 5.76. The SMILES string of the molecule is CCn1c(-c2ccccc2Cl)cc(N)cc1=O. The number of nitrogens with two attached hydrogens (primary N) is 1. The third-order valence-corrected chi connectivity index (χ3v) is 2.95. The first-order valence-electron chi connectivity index (χ1n) is 5.38. The number of hydrogen-bond acceptors (Lipinski definition) is 2. The number of nitrogens with zero attached hydrogens (tertiary/aromatic N) is 1. The van der Waals surface area contributed by atoms with E-state index in [1.54, 1.807) is 16.7 Å². The van der Waals surface area contributed by atoms with Crippen molar-refractivity contribution >= 4 is 17.3 Å². The predicted molar refractivity (Wildman–Crippen MR) is 71.2 cm³/mol. The van der Waals surface area contributed by atoms with E-state index in [9.17, 15) is 4.79 Å². The molecular weight excluding hydrogens is 236 g/mol. The highest BCUT2D eigenvalue weighted by Crippen LogP contribution is 2.27. The van der Waals surface area contributed by atoms with E-state index >= 15 is 0 Å². The highest BCUT2D eigenvalue weighted by atomic mass is 35.5. The van der Waals surface area contributed by atoms with Crippen molar-refractivity contribution < 1.29 is 0 Å². The molecule has 0 saturated carbocycles. The molecule has 0 aliphatic rings. The molecule has 0 aliphatic carbocycles. The summed E-state index contributed by atoms with van der Waals surface area (Å²) in [6.45, 7) is 2.50. The third-order valence-electron chi connectivity index (χ3n) is 2.62. The fourth-order valence-electron chi connectivity index (χ4n) is 1.83. The molecule has 2 rings (SSSR count). The Bertz CT molecular complexity index is 605. The Morgan fingerprint density at radius 2 is 2.00 bits per heavy atom. The van der Waals surface area contributed by atoms with Gasteiger partial charge in [-0.25, -0.2) is 0 Å². The number of rotatable bonds is 2. The second-order valence-corrected chi connectivity index (χ2v) is 4.14. The van der Waals surface area contributed by atoms with E-state index in [-0.39, 0.29) is 5.56 Å². The van der Waals surface area contributed by atoms with Gasteiger partial charge in [0.15, 0.2) is 0 Å². The van der Waals surface area contributed by atoms with Gasteiger partial charge < -0.3 is 10.3 Å². The molecule has 0 spiro atoms. The zero-order chi connectivity index (χ0) is 12.4. The third kappa shape index (κ3) is 2.19. The van der Waals surface area contributed by atoms with Crippen molar-refractivity contribution in [1.29, 1.82) is 0 Å². The lowest BCUT2D eigenvalue weighted by Gasteiger charge is -2.12. The number of aromatic nitrogens is 1. The number of halogens is 1. The van der Waals surface area contributed by atoms with Gasteiger partial charge in [0.1, 0.15) is 0 Å². The smallest absolute Gasteiger partial charge is 0.253 e. The fourth-order valence-corrected chi connectivity index (χ4v) is 2.07. The maximum atomic E-state index is 11.8. The van der Waals surface area contributed by atoms with Crippen LogP contribution in [-0.2, 0) is 6.54 Å². The molecule has 1 aromatic carbocycles. The second-order valence-electron chi connectivity index (χ2n) is 3.74. The van der Waals surface area contributed by atoms with E-state index < -0.39 is 0 Å². The van der Waals surface area contributed by atoms with E-state index in [2.05, 4.69) is 0 Å². The van der Waals surface area contributed by atoms with Crippen LogP contribution in [0.1, 0.15) is 6.92 Å². The van der Waals surface area contributed by atoms with Crippen LogP contribution in [0.5, 0.6) is 0 Å². The number of benzene rings is 1. The quantitative estimate of drug-likeness (QED) is 0.888. The summed E-state index contributed by atoms with van der Waals surface area (Å²) in [5.74, 6) is 0. The highest BCUT2D eigenvalue weighted by Gasteiger charge is 2.09. The van der Waals surface area contributed by atoms with E-state index in [0.717, 1.165) is 11.3 Å². The molecule has 2 N–H and O–H groups in total. The standard InChI is InChI=1S/C13H13ClN2O/c1-2-16-12(7-9(15)8-13(16)17)10-5-3-4-6-11(10)14/h3-8H,2,15H2,1H3. The van der Waals surface area contributed by atoms with Crippen LogP contribution in [0, 0.1) is 0 Å². The van der Waals surface area contributed by atoms with Crippen molar-refractivity contribution in [1.82, 2.24) is 4.57 Å². The molecule has 4 heteroatoms. The lowest BCUT2D eigenvalue weighted by molar-refractivity contribution is 0.736. The molecule has 0 bridgehead atoms. The van der Waals surface area contributed by atoms with Crippen molar-refractivity contribution in [2.24, 2.45) is 0 Å². The van der Waals surface area contributed by atoms with Crippen LogP contribution in [0.4, 0.5) is 5.69 Å². The average Bonchev–Trinajstić information content (AvgIpc) is 2.28. The largest absolute Gasteiger partial charge is 0.399 e. The molecule has 0 saturated heterocycles. The van der Waals surface area contributed by atoms with Crippen molar-refractivity contribution in [2.45, 2.75) is 13.5 Å². The first-order chi connectivity index (χ1) is 8.13. The van der Waals surface area contributed by atoms with Gasteiger partial charge in [-0.05, 0) is 19.1 Å². The van der Waals surface area contributed by atoms with Crippen LogP contribution in [0.2, 0.25) is 5.02 Å². The van der Waals surface area contributed by atoms with Gasteiger partial charge >= 0.3 is 0 Å². The summed E-state index contributed by atoms with van der Waals surface area (Å²) in [5.41, 5.74) is 7.63. The molecule has 0 unspecified atom stereocenters. The minimum absolute atomic E-state index is 0.109. The normalized spacial score (nSPS) is 10.5. The molecule has 0 aliphatic heterocycles. The summed E-state index contributed by atoms with van der Waals surface area (Å²) in [6, 6.07) is 10.6. The zero-order valence-electron chi connectivity index (χ0n) is 9.48. The zero-order valence-corrected chi connectivity index (χ0v) is 10.2. The van der Waals surface area contributed by atoms with Crippen molar-refractivity contribution in [3.63, 3.8) is 0 Å². The number of pyridine rings is 1. The molecule has 88 valence electrons. The number of hydrogen-bond donors (Lipinski definition) is 1. The molecule has 17 heavy (non-hydrogen) atoms. The van der Waals surface area contributed by atoms with Crippen LogP contribution >= 0.6 is 11.6 Å². The van der Waals surface area contributed by atoms with Gasteiger partial charge in [-0.2, -0.15) is 0 Å². The van der Waals surface area contributed by atoms with E-state index in [0.29, 0.717) is 17.3 Å². The minimum Gasteiger partial charge on any atom is -0.399 e. The Morgan fingerprint density at radius 1 is 1.29 bits per heavy atom. The van der Waals surface area contributed by atoms with Crippen molar-refractivity contribution in [3.8, 4) is 11.3 Å². The van der Waals surface area contributed by atoms with Gasteiger partial charge in [-0.15, -0.1) is 0 Å². The predicted octanol–water partition coefficient (Wildman–Crippen LogP) is 2.77. The molecule has 2 aromatic rings. The molecule has 1 heterocycles. The van der Waals surface area contributed by atoms with Gasteiger partial charge in [0.25, 0.3) is 5.56 Å². The van der Waals surface area contributed by atoms with E-state index in [1.165, 1.54) is 6.07 Å². The van der Waals surface area contributed by atoms with Crippen molar-refractivity contribution in [2.75, 3.05) is 5.73 Å².